The number of nitrogens with one attached hydrogen (secondary N) is 1. The summed E-state index contributed by atoms with van der Waals surface area (Å²) < 4.78 is 42.3. The van der Waals surface area contributed by atoms with Crippen LogP contribution in [-0.2, 0) is 10.0 Å². The zero-order chi connectivity index (χ0) is 22.9. The molecule has 0 spiro atoms. The van der Waals surface area contributed by atoms with Gasteiger partial charge in [-0.25, -0.2) is 22.4 Å². The van der Waals surface area contributed by atoms with E-state index < -0.39 is 50.0 Å². The highest BCUT2D eigenvalue weighted by Gasteiger charge is 2.25. The van der Waals surface area contributed by atoms with Crippen LogP contribution in [0.4, 0.5) is 10.1 Å². The highest BCUT2D eigenvalue weighted by Crippen LogP contribution is 2.37. The molecule has 3 aromatic rings. The zero-order valence-electron chi connectivity index (χ0n) is 15.9. The second kappa shape index (κ2) is 8.37. The monoisotopic (exact) mass is 463 g/mol. The Bertz CT molecular complexity index is 1270. The van der Waals surface area contributed by atoms with Crippen LogP contribution in [-0.4, -0.2) is 30.6 Å². The van der Waals surface area contributed by atoms with E-state index >= 15 is 0 Å². The Morgan fingerprint density at radius 1 is 0.968 bits per heavy atom. The number of sulfonamides is 1. The molecule has 3 aromatic carbocycles. The van der Waals surface area contributed by atoms with E-state index in [1.54, 1.807) is 6.07 Å². The summed E-state index contributed by atoms with van der Waals surface area (Å²) in [5, 5.41) is 18.8. The maximum absolute atomic E-state index is 14.8. The van der Waals surface area contributed by atoms with Crippen LogP contribution in [0, 0.1) is 12.7 Å². The first-order valence-electron chi connectivity index (χ1n) is 8.70. The van der Waals surface area contributed by atoms with Gasteiger partial charge in [0.2, 0.25) is 0 Å². The molecule has 0 fully saturated rings. The van der Waals surface area contributed by atoms with Crippen LogP contribution in [0.2, 0.25) is 5.02 Å². The Kier molecular flexibility index (Phi) is 6.01. The van der Waals surface area contributed by atoms with Gasteiger partial charge in [0.25, 0.3) is 10.0 Å². The summed E-state index contributed by atoms with van der Waals surface area (Å²) in [6, 6.07) is 11.5. The van der Waals surface area contributed by atoms with E-state index in [9.17, 15) is 32.6 Å². The van der Waals surface area contributed by atoms with Crippen molar-refractivity contribution in [3.05, 3.63) is 82.1 Å². The third-order valence-corrected chi connectivity index (χ3v) is 6.06. The van der Waals surface area contributed by atoms with E-state index in [-0.39, 0.29) is 15.6 Å². The molecular weight excluding hydrogens is 449 g/mol. The molecule has 0 bridgehead atoms. The number of benzene rings is 3. The number of carboxylic acids is 2. The third-order valence-electron chi connectivity index (χ3n) is 4.37. The number of aromatic carboxylic acids is 2. The largest absolute Gasteiger partial charge is 0.478 e. The van der Waals surface area contributed by atoms with Gasteiger partial charge in [-0.2, -0.15) is 0 Å². The van der Waals surface area contributed by atoms with E-state index in [0.717, 1.165) is 12.1 Å². The molecular formula is C21H15ClFNO6S. The average Bonchev–Trinajstić information content (AvgIpc) is 2.70. The lowest BCUT2D eigenvalue weighted by atomic mass is 9.91. The Morgan fingerprint density at radius 3 is 2.03 bits per heavy atom. The van der Waals surface area contributed by atoms with Gasteiger partial charge in [0, 0.05) is 11.1 Å². The van der Waals surface area contributed by atoms with E-state index in [2.05, 4.69) is 4.72 Å². The second-order valence-corrected chi connectivity index (χ2v) is 8.67. The lowest BCUT2D eigenvalue weighted by Crippen LogP contribution is -2.14. The first-order valence-corrected chi connectivity index (χ1v) is 10.6. The maximum Gasteiger partial charge on any atom is 0.336 e. The van der Waals surface area contributed by atoms with Gasteiger partial charge in [-0.05, 0) is 48.9 Å². The van der Waals surface area contributed by atoms with Crippen LogP contribution in [0.5, 0.6) is 0 Å². The quantitative estimate of drug-likeness (QED) is 0.489. The number of aryl methyl sites for hydroxylation is 1. The summed E-state index contributed by atoms with van der Waals surface area (Å²) in [7, 11) is -4.10. The Labute approximate surface area is 181 Å². The Morgan fingerprint density at radius 2 is 1.52 bits per heavy atom. The van der Waals surface area contributed by atoms with Gasteiger partial charge in [-0.3, -0.25) is 4.72 Å². The van der Waals surface area contributed by atoms with Crippen molar-refractivity contribution in [1.82, 2.24) is 0 Å². The number of anilines is 1. The fourth-order valence-corrected chi connectivity index (χ4v) is 4.38. The lowest BCUT2D eigenvalue weighted by Gasteiger charge is -2.16. The van der Waals surface area contributed by atoms with Crippen LogP contribution < -0.4 is 4.72 Å². The number of hydrogen-bond acceptors (Lipinski definition) is 4. The van der Waals surface area contributed by atoms with Gasteiger partial charge in [-0.1, -0.05) is 29.8 Å². The number of halogens is 2. The van der Waals surface area contributed by atoms with Gasteiger partial charge in [0.15, 0.2) is 0 Å². The van der Waals surface area contributed by atoms with Crippen LogP contribution in [0.15, 0.2) is 59.5 Å². The first-order chi connectivity index (χ1) is 14.5. The van der Waals surface area contributed by atoms with E-state index in [1.807, 2.05) is 0 Å². The number of rotatable bonds is 6. The smallest absolute Gasteiger partial charge is 0.336 e. The predicted octanol–water partition coefficient (Wildman–Crippen LogP) is 4.65. The summed E-state index contributed by atoms with van der Waals surface area (Å²) >= 11 is 6.01. The molecule has 0 aromatic heterocycles. The molecule has 10 heteroatoms. The molecule has 3 N–H and O–H groups in total. The van der Waals surface area contributed by atoms with Crippen LogP contribution in [0.3, 0.4) is 0 Å². The highest BCUT2D eigenvalue weighted by atomic mass is 35.5. The minimum atomic E-state index is -4.10. The van der Waals surface area contributed by atoms with Crippen molar-refractivity contribution >= 4 is 39.3 Å². The summed E-state index contributed by atoms with van der Waals surface area (Å²) in [6.07, 6.45) is 0. The minimum absolute atomic E-state index is 0.0790. The summed E-state index contributed by atoms with van der Waals surface area (Å²) in [5.74, 6) is -3.95. The van der Waals surface area contributed by atoms with Gasteiger partial charge in [-0.15, -0.1) is 0 Å². The number of carboxylic acid groups (broad SMARTS) is 2. The topological polar surface area (TPSA) is 121 Å². The van der Waals surface area contributed by atoms with Crippen molar-refractivity contribution in [3.63, 3.8) is 0 Å². The number of hydrogen-bond donors (Lipinski definition) is 3. The highest BCUT2D eigenvalue weighted by molar-refractivity contribution is 7.92. The van der Waals surface area contributed by atoms with Gasteiger partial charge < -0.3 is 10.2 Å². The fourth-order valence-electron chi connectivity index (χ4n) is 3.04. The van der Waals surface area contributed by atoms with Gasteiger partial charge >= 0.3 is 11.9 Å². The van der Waals surface area contributed by atoms with Crippen molar-refractivity contribution in [2.75, 3.05) is 4.72 Å². The molecule has 0 saturated carbocycles. The van der Waals surface area contributed by atoms with E-state index in [1.165, 1.54) is 43.3 Å². The molecule has 0 heterocycles. The molecule has 0 unspecified atom stereocenters. The van der Waals surface area contributed by atoms with Gasteiger partial charge in [0.1, 0.15) is 5.82 Å². The molecule has 160 valence electrons. The molecule has 0 saturated heterocycles. The summed E-state index contributed by atoms with van der Waals surface area (Å²) in [5.41, 5.74) is -1.62. The van der Waals surface area contributed by atoms with E-state index in [0.29, 0.717) is 5.56 Å². The average molecular weight is 464 g/mol. The van der Waals surface area contributed by atoms with E-state index in [4.69, 9.17) is 11.6 Å². The van der Waals surface area contributed by atoms with Crippen molar-refractivity contribution in [2.24, 2.45) is 0 Å². The van der Waals surface area contributed by atoms with Gasteiger partial charge in [0.05, 0.1) is 26.7 Å². The van der Waals surface area contributed by atoms with Crippen LogP contribution >= 0.6 is 11.6 Å². The summed E-state index contributed by atoms with van der Waals surface area (Å²) in [6.45, 7) is 1.50. The third kappa shape index (κ3) is 4.52. The molecule has 0 aliphatic heterocycles. The molecule has 7 nitrogen and oxygen atoms in total. The fraction of sp³-hybridized carbons (Fsp3) is 0.0476. The molecule has 0 radical (unpaired) electrons. The summed E-state index contributed by atoms with van der Waals surface area (Å²) in [4.78, 5) is 23.4. The van der Waals surface area contributed by atoms with Crippen LogP contribution in [0.1, 0.15) is 26.3 Å². The standard InChI is InChI=1S/C21H15ClFNO6S/c1-11-7-14(20(25)26)19(15(8-11)21(27)28)13-9-18(16(22)10-17(13)23)24-31(29,30)12-5-3-2-4-6-12/h2-10,24H,1H3,(H,25,26)(H,27,28). The predicted molar refractivity (Wildman–Crippen MR) is 113 cm³/mol. The molecule has 0 aliphatic rings. The molecule has 0 aliphatic carbocycles. The van der Waals surface area contributed by atoms with Crippen molar-refractivity contribution < 1.29 is 32.6 Å². The Hall–Kier alpha value is -3.43. The molecule has 3 rings (SSSR count). The maximum atomic E-state index is 14.8. The second-order valence-electron chi connectivity index (χ2n) is 6.58. The zero-order valence-corrected chi connectivity index (χ0v) is 17.5. The normalized spacial score (nSPS) is 11.2. The van der Waals surface area contributed by atoms with Crippen molar-refractivity contribution in [3.8, 4) is 11.1 Å². The SMILES string of the molecule is Cc1cc(C(=O)O)c(-c2cc(NS(=O)(=O)c3ccccc3)c(Cl)cc2F)c(C(=O)O)c1. The first kappa shape index (κ1) is 22.3. The Balaban J connectivity index is 2.24. The minimum Gasteiger partial charge on any atom is -0.478 e. The number of carbonyl (C=O) groups is 2. The lowest BCUT2D eigenvalue weighted by molar-refractivity contribution is 0.0696. The molecule has 0 amide bonds. The van der Waals surface area contributed by atoms with Crippen molar-refractivity contribution in [1.29, 1.82) is 0 Å². The van der Waals surface area contributed by atoms with Crippen LogP contribution in [0.25, 0.3) is 11.1 Å². The molecule has 31 heavy (non-hydrogen) atoms. The van der Waals surface area contributed by atoms with Crippen molar-refractivity contribution in [2.45, 2.75) is 11.8 Å². The molecule has 0 atom stereocenters.